The maximum Gasteiger partial charge on any atom is 0.316 e. The molecule has 0 spiro atoms. The number of benzene rings is 2. The lowest BCUT2D eigenvalue weighted by molar-refractivity contribution is -0.139. The zero-order valence-electron chi connectivity index (χ0n) is 20.1. The zero-order chi connectivity index (χ0) is 24.9. The maximum absolute atomic E-state index is 13.0. The molecule has 0 saturated carbocycles. The van der Waals surface area contributed by atoms with Gasteiger partial charge in [0.1, 0.15) is 5.75 Å². The van der Waals surface area contributed by atoms with Crippen LogP contribution in [0.4, 0.5) is 11.4 Å². The Labute approximate surface area is 204 Å². The summed E-state index contributed by atoms with van der Waals surface area (Å²) < 4.78 is 5.60. The number of hydrogen-bond donors (Lipinski definition) is 0. The monoisotopic (exact) mass is 472 g/mol. The minimum absolute atomic E-state index is 0.0940. The summed E-state index contributed by atoms with van der Waals surface area (Å²) in [5.41, 5.74) is 4.19. The molecule has 0 aromatic heterocycles. The second-order valence-corrected chi connectivity index (χ2v) is 9.83. The molecule has 2 heterocycles. The number of nitrogens with zero attached hydrogens (tertiary/aromatic N) is 2. The highest BCUT2D eigenvalue weighted by atomic mass is 16.5. The first-order valence-electron chi connectivity index (χ1n) is 12.0. The van der Waals surface area contributed by atoms with Crippen molar-refractivity contribution in [1.29, 1.82) is 0 Å². The predicted molar refractivity (Wildman–Crippen MR) is 131 cm³/mol. The fraction of sp³-hybridized carbons (Fsp3) is 0.357. The first kappa shape index (κ1) is 23.0. The van der Waals surface area contributed by atoms with Gasteiger partial charge in [0.05, 0.1) is 23.4 Å². The third-order valence-electron chi connectivity index (χ3n) is 7.25. The molecule has 3 amide bonds. The van der Waals surface area contributed by atoms with Crippen molar-refractivity contribution in [2.45, 2.75) is 40.0 Å². The second kappa shape index (κ2) is 8.80. The van der Waals surface area contributed by atoms with Gasteiger partial charge in [0, 0.05) is 18.7 Å². The molecule has 7 heteroatoms. The summed E-state index contributed by atoms with van der Waals surface area (Å²) in [5.74, 6) is -1.77. The Kier molecular flexibility index (Phi) is 5.79. The second-order valence-electron chi connectivity index (χ2n) is 9.83. The van der Waals surface area contributed by atoms with Crippen molar-refractivity contribution in [2.24, 2.45) is 17.8 Å². The fourth-order valence-corrected chi connectivity index (χ4v) is 5.26. The summed E-state index contributed by atoms with van der Waals surface area (Å²) in [5, 5.41) is 0. The normalized spacial score (nSPS) is 24.0. The average Bonchev–Trinajstić information content (AvgIpc) is 3.32. The van der Waals surface area contributed by atoms with Crippen LogP contribution in [0.3, 0.4) is 0 Å². The van der Waals surface area contributed by atoms with Crippen LogP contribution < -0.4 is 14.5 Å². The molecule has 0 bridgehead atoms. The highest BCUT2D eigenvalue weighted by Gasteiger charge is 2.49. The Morgan fingerprint density at radius 2 is 1.63 bits per heavy atom. The summed E-state index contributed by atoms with van der Waals surface area (Å²) in [6.07, 6.45) is 3.34. The van der Waals surface area contributed by atoms with Crippen molar-refractivity contribution >= 4 is 35.1 Å². The third kappa shape index (κ3) is 4.16. The number of anilines is 2. The number of ether oxygens (including phenoxy) is 1. The number of hydrogen-bond acceptors (Lipinski definition) is 5. The number of esters is 1. The minimum Gasteiger partial charge on any atom is -0.426 e. The fourth-order valence-electron chi connectivity index (χ4n) is 5.26. The standard InChI is InChI=1S/C28H28N2O5/c1-16-4-7-20(8-5-16)29-15-19(14-25(29)31)28(34)35-21-9-11-24(18(3)13-21)30-26(32)22-10-6-17(2)12-23(22)27(30)33/h4-9,11,13,19,22-23H,10,12,14-15H2,1-3H3/t19-,22+,23-/m1/s1. The minimum atomic E-state index is -0.565. The van der Waals surface area contributed by atoms with Gasteiger partial charge in [-0.2, -0.15) is 0 Å². The molecular weight excluding hydrogens is 444 g/mol. The van der Waals surface area contributed by atoms with Crippen LogP contribution in [0.1, 0.15) is 37.3 Å². The van der Waals surface area contributed by atoms with Gasteiger partial charge in [-0.05, 0) is 69.5 Å². The summed E-state index contributed by atoms with van der Waals surface area (Å²) in [6, 6.07) is 12.5. The number of aryl methyl sites for hydroxylation is 2. The van der Waals surface area contributed by atoms with Crippen molar-refractivity contribution in [3.63, 3.8) is 0 Å². The van der Waals surface area contributed by atoms with Gasteiger partial charge < -0.3 is 9.64 Å². The topological polar surface area (TPSA) is 84.0 Å². The quantitative estimate of drug-likeness (QED) is 0.289. The smallest absolute Gasteiger partial charge is 0.316 e. The van der Waals surface area contributed by atoms with Crippen LogP contribution >= 0.6 is 0 Å². The lowest BCUT2D eigenvalue weighted by Crippen LogP contribution is -2.31. The number of allylic oxidation sites excluding steroid dienone is 2. The van der Waals surface area contributed by atoms with E-state index in [1.54, 1.807) is 30.0 Å². The number of carbonyl (C=O) groups excluding carboxylic acids is 4. The Balaban J connectivity index is 1.28. The molecule has 3 atom stereocenters. The number of carbonyl (C=O) groups is 4. The van der Waals surface area contributed by atoms with Gasteiger partial charge in [0.2, 0.25) is 17.7 Å². The molecule has 1 aliphatic carbocycles. The van der Waals surface area contributed by atoms with E-state index < -0.39 is 11.9 Å². The SMILES string of the molecule is CC1=CC[C@@H]2C(=O)N(c3ccc(OC(=O)[C@@H]4CC(=O)N(c5ccc(C)cc5)C4)cc3C)C(=O)[C@@H]2C1. The molecule has 7 nitrogen and oxygen atoms in total. The highest BCUT2D eigenvalue weighted by molar-refractivity contribution is 6.22. The molecule has 0 radical (unpaired) electrons. The Morgan fingerprint density at radius 1 is 0.914 bits per heavy atom. The van der Waals surface area contributed by atoms with Crippen molar-refractivity contribution in [3.8, 4) is 5.75 Å². The molecule has 2 aliphatic heterocycles. The van der Waals surface area contributed by atoms with E-state index in [9.17, 15) is 19.2 Å². The van der Waals surface area contributed by atoms with Crippen molar-refractivity contribution in [1.82, 2.24) is 0 Å². The molecule has 2 fully saturated rings. The summed E-state index contributed by atoms with van der Waals surface area (Å²) in [6.45, 7) is 6.02. The van der Waals surface area contributed by atoms with Gasteiger partial charge >= 0.3 is 5.97 Å². The van der Waals surface area contributed by atoms with E-state index in [1.807, 2.05) is 44.2 Å². The van der Waals surface area contributed by atoms with Crippen LogP contribution in [-0.2, 0) is 19.2 Å². The zero-order valence-corrected chi connectivity index (χ0v) is 20.1. The van der Waals surface area contributed by atoms with Gasteiger partial charge in [-0.15, -0.1) is 0 Å². The van der Waals surface area contributed by atoms with Gasteiger partial charge in [-0.3, -0.25) is 19.2 Å². The van der Waals surface area contributed by atoms with Crippen molar-refractivity contribution < 1.29 is 23.9 Å². The largest absolute Gasteiger partial charge is 0.426 e. The average molecular weight is 473 g/mol. The molecular formula is C28H28N2O5. The van der Waals surface area contributed by atoms with E-state index in [4.69, 9.17) is 4.74 Å². The van der Waals surface area contributed by atoms with E-state index in [2.05, 4.69) is 0 Å². The Bertz CT molecular complexity index is 1260. The predicted octanol–water partition coefficient (Wildman–Crippen LogP) is 4.11. The van der Waals surface area contributed by atoms with Crippen LogP contribution in [0.2, 0.25) is 0 Å². The molecule has 2 aromatic carbocycles. The van der Waals surface area contributed by atoms with Crippen LogP contribution in [0, 0.1) is 31.6 Å². The first-order chi connectivity index (χ1) is 16.7. The maximum atomic E-state index is 13.0. The number of rotatable bonds is 4. The van der Waals surface area contributed by atoms with Crippen LogP contribution in [0.5, 0.6) is 5.75 Å². The molecule has 2 aromatic rings. The van der Waals surface area contributed by atoms with Gasteiger partial charge in [0.25, 0.3) is 0 Å². The lowest BCUT2D eigenvalue weighted by atomic mass is 9.82. The molecule has 0 N–H and O–H groups in total. The molecule has 2 saturated heterocycles. The van der Waals surface area contributed by atoms with E-state index in [0.717, 1.165) is 16.8 Å². The number of amides is 3. The number of imide groups is 1. The van der Waals surface area contributed by atoms with Crippen LogP contribution in [0.15, 0.2) is 54.1 Å². The first-order valence-corrected chi connectivity index (χ1v) is 12.0. The van der Waals surface area contributed by atoms with Crippen molar-refractivity contribution in [3.05, 3.63) is 65.2 Å². The third-order valence-corrected chi connectivity index (χ3v) is 7.25. The molecule has 5 rings (SSSR count). The summed E-state index contributed by atoms with van der Waals surface area (Å²) >= 11 is 0. The number of fused-ring (bicyclic) bond motifs is 1. The van der Waals surface area contributed by atoms with Crippen LogP contribution in [0.25, 0.3) is 0 Å². The molecule has 0 unspecified atom stereocenters. The molecule has 35 heavy (non-hydrogen) atoms. The summed E-state index contributed by atoms with van der Waals surface area (Å²) in [4.78, 5) is 54.3. The summed E-state index contributed by atoms with van der Waals surface area (Å²) in [7, 11) is 0. The van der Waals surface area contributed by atoms with E-state index in [-0.39, 0.29) is 42.5 Å². The van der Waals surface area contributed by atoms with Gasteiger partial charge in [-0.25, -0.2) is 4.90 Å². The van der Waals surface area contributed by atoms with Gasteiger partial charge in [-0.1, -0.05) is 29.3 Å². The molecule has 3 aliphatic rings. The Morgan fingerprint density at radius 3 is 2.34 bits per heavy atom. The van der Waals surface area contributed by atoms with Crippen LogP contribution in [-0.4, -0.2) is 30.2 Å². The van der Waals surface area contributed by atoms with E-state index in [0.29, 0.717) is 29.8 Å². The Hall–Kier alpha value is -3.74. The lowest BCUT2D eigenvalue weighted by Gasteiger charge is -2.19. The highest BCUT2D eigenvalue weighted by Crippen LogP contribution is 2.41. The van der Waals surface area contributed by atoms with Crippen molar-refractivity contribution in [2.75, 3.05) is 16.3 Å². The molecule has 180 valence electrons. The van der Waals surface area contributed by atoms with E-state index >= 15 is 0 Å². The van der Waals surface area contributed by atoms with Gasteiger partial charge in [0.15, 0.2) is 0 Å². The van der Waals surface area contributed by atoms with E-state index in [1.165, 1.54) is 4.90 Å².